The van der Waals surface area contributed by atoms with Crippen LogP contribution >= 0.6 is 27.7 Å². The van der Waals surface area contributed by atoms with Gasteiger partial charge in [0, 0.05) is 21.0 Å². The van der Waals surface area contributed by atoms with Crippen molar-refractivity contribution in [3.63, 3.8) is 0 Å². The monoisotopic (exact) mass is 339 g/mol. The van der Waals surface area contributed by atoms with Gasteiger partial charge in [0.25, 0.3) is 0 Å². The van der Waals surface area contributed by atoms with Crippen molar-refractivity contribution >= 4 is 34.0 Å². The Morgan fingerprint density at radius 1 is 1.47 bits per heavy atom. The molecule has 3 rings (SSSR count). The Bertz CT molecular complexity index is 691. The van der Waals surface area contributed by atoms with Crippen molar-refractivity contribution in [2.24, 2.45) is 0 Å². The normalized spacial score (nSPS) is 14.6. The summed E-state index contributed by atoms with van der Waals surface area (Å²) in [5.41, 5.74) is 0.402. The minimum atomic E-state index is -0.187. The molecule has 0 radical (unpaired) electrons. The van der Waals surface area contributed by atoms with Gasteiger partial charge in [-0.2, -0.15) is 0 Å². The van der Waals surface area contributed by atoms with E-state index in [4.69, 9.17) is 0 Å². The van der Waals surface area contributed by atoms with E-state index in [1.165, 1.54) is 11.8 Å². The molecule has 1 aliphatic rings. The lowest BCUT2D eigenvalue weighted by atomic mass is 10.2. The second-order valence-electron chi connectivity index (χ2n) is 4.31. The summed E-state index contributed by atoms with van der Waals surface area (Å²) >= 11 is 4.71. The van der Waals surface area contributed by atoms with Gasteiger partial charge >= 0.3 is 5.69 Å². The molecule has 0 amide bonds. The third kappa shape index (κ3) is 2.52. The van der Waals surface area contributed by atoms with Crippen LogP contribution in [0.15, 0.2) is 37.5 Å². The van der Waals surface area contributed by atoms with Crippen molar-refractivity contribution in [1.29, 1.82) is 0 Å². The van der Waals surface area contributed by atoms with Crippen LogP contribution in [0.5, 0.6) is 0 Å². The number of nitrogens with zero attached hydrogens (tertiary/aromatic N) is 2. The Hall–Kier alpha value is -1.34. The predicted molar refractivity (Wildman–Crippen MR) is 74.8 cm³/mol. The van der Waals surface area contributed by atoms with E-state index in [0.29, 0.717) is 10.7 Å². The van der Waals surface area contributed by atoms with Crippen molar-refractivity contribution in [2.45, 2.75) is 28.9 Å². The summed E-state index contributed by atoms with van der Waals surface area (Å²) in [6.45, 7) is 0. The minimum absolute atomic E-state index is 0.187. The zero-order valence-corrected chi connectivity index (χ0v) is 12.2. The molecule has 1 fully saturated rings. The topological polar surface area (TPSA) is 67.8 Å². The Balaban J connectivity index is 1.99. The second-order valence-corrected chi connectivity index (χ2v) is 6.24. The number of aromatic nitrogens is 3. The van der Waals surface area contributed by atoms with Gasteiger partial charge in [0.05, 0.1) is 0 Å². The smallest absolute Gasteiger partial charge is 0.298 e. The number of benzene rings is 1. The van der Waals surface area contributed by atoms with Crippen LogP contribution in [0.2, 0.25) is 0 Å². The van der Waals surface area contributed by atoms with Crippen LogP contribution in [-0.2, 0) is 0 Å². The first kappa shape index (κ1) is 12.7. The number of halogens is 1. The first-order valence-corrected chi connectivity index (χ1v) is 7.39. The molecule has 1 aromatic carbocycles. The molecule has 1 aliphatic carbocycles. The van der Waals surface area contributed by atoms with Gasteiger partial charge in [0.1, 0.15) is 0 Å². The average Bonchev–Trinajstić information content (AvgIpc) is 3.15. The second kappa shape index (κ2) is 4.97. The maximum Gasteiger partial charge on any atom is 0.344 e. The molecule has 0 aliphatic heterocycles. The lowest BCUT2D eigenvalue weighted by Crippen LogP contribution is -2.16. The molecule has 0 unspecified atom stereocenters. The number of aldehydes is 1. The van der Waals surface area contributed by atoms with Crippen LogP contribution in [0, 0.1) is 0 Å². The fourth-order valence-corrected chi connectivity index (χ4v) is 3.36. The van der Waals surface area contributed by atoms with Crippen LogP contribution in [0.4, 0.5) is 0 Å². The van der Waals surface area contributed by atoms with E-state index in [0.717, 1.165) is 28.5 Å². The van der Waals surface area contributed by atoms with Crippen LogP contribution in [0.1, 0.15) is 29.2 Å². The number of hydrogen-bond donors (Lipinski definition) is 1. The van der Waals surface area contributed by atoms with Crippen molar-refractivity contribution in [2.75, 3.05) is 0 Å². The van der Waals surface area contributed by atoms with E-state index >= 15 is 0 Å². The highest BCUT2D eigenvalue weighted by Gasteiger charge is 2.29. The van der Waals surface area contributed by atoms with Gasteiger partial charge in [-0.3, -0.25) is 9.36 Å². The van der Waals surface area contributed by atoms with E-state index in [2.05, 4.69) is 26.1 Å². The summed E-state index contributed by atoms with van der Waals surface area (Å²) in [6, 6.07) is 5.66. The van der Waals surface area contributed by atoms with E-state index in [9.17, 15) is 9.59 Å². The van der Waals surface area contributed by atoms with E-state index in [-0.39, 0.29) is 11.7 Å². The minimum Gasteiger partial charge on any atom is -0.298 e. The Morgan fingerprint density at radius 2 is 2.26 bits per heavy atom. The molecule has 1 saturated carbocycles. The van der Waals surface area contributed by atoms with Gasteiger partial charge in [-0.25, -0.2) is 9.89 Å². The largest absolute Gasteiger partial charge is 0.344 e. The Labute approximate surface area is 121 Å². The number of carbonyl (C=O) groups excluding carboxylic acids is 1. The highest BCUT2D eigenvalue weighted by molar-refractivity contribution is 9.10. The van der Waals surface area contributed by atoms with E-state index in [1.807, 2.05) is 12.1 Å². The standard InChI is InChI=1S/C12H10BrN3O2S/c13-8-2-1-7(6-17)10(5-8)19-12-15-14-11(18)16(12)9-3-4-9/h1-2,5-6,9H,3-4H2,(H,14,18). The summed E-state index contributed by atoms with van der Waals surface area (Å²) in [4.78, 5) is 23.5. The predicted octanol–water partition coefficient (Wildman–Crippen LogP) is 2.63. The summed E-state index contributed by atoms with van der Waals surface area (Å²) in [5, 5.41) is 7.11. The Morgan fingerprint density at radius 3 is 2.95 bits per heavy atom. The highest BCUT2D eigenvalue weighted by atomic mass is 79.9. The molecular formula is C12H10BrN3O2S. The zero-order chi connectivity index (χ0) is 13.4. The number of aromatic amines is 1. The molecule has 7 heteroatoms. The zero-order valence-electron chi connectivity index (χ0n) is 9.80. The fraction of sp³-hybridized carbons (Fsp3) is 0.250. The van der Waals surface area contributed by atoms with Crippen molar-refractivity contribution in [3.8, 4) is 0 Å². The van der Waals surface area contributed by atoms with E-state index in [1.54, 1.807) is 10.6 Å². The summed E-state index contributed by atoms with van der Waals surface area (Å²) in [5.74, 6) is 0. The van der Waals surface area contributed by atoms with Crippen LogP contribution in [0.3, 0.4) is 0 Å². The lowest BCUT2D eigenvalue weighted by molar-refractivity contribution is 0.112. The van der Waals surface area contributed by atoms with Crippen LogP contribution in [-0.4, -0.2) is 21.1 Å². The molecular weight excluding hydrogens is 330 g/mol. The van der Waals surface area contributed by atoms with Gasteiger partial charge in [-0.15, -0.1) is 5.10 Å². The SMILES string of the molecule is O=Cc1ccc(Br)cc1Sc1n[nH]c(=O)n1C1CC1. The van der Waals surface area contributed by atoms with Crippen molar-refractivity contribution in [1.82, 2.24) is 14.8 Å². The van der Waals surface area contributed by atoms with Gasteiger partial charge in [0.2, 0.25) is 0 Å². The molecule has 98 valence electrons. The molecule has 2 aromatic rings. The Kier molecular flexibility index (Phi) is 3.32. The van der Waals surface area contributed by atoms with Gasteiger partial charge in [0.15, 0.2) is 11.4 Å². The molecule has 5 nitrogen and oxygen atoms in total. The average molecular weight is 340 g/mol. The first-order chi connectivity index (χ1) is 9.19. The molecule has 19 heavy (non-hydrogen) atoms. The number of carbonyl (C=O) groups is 1. The number of nitrogens with one attached hydrogen (secondary N) is 1. The molecule has 0 atom stereocenters. The van der Waals surface area contributed by atoms with Crippen LogP contribution in [0.25, 0.3) is 0 Å². The first-order valence-electron chi connectivity index (χ1n) is 5.78. The summed E-state index contributed by atoms with van der Waals surface area (Å²) in [7, 11) is 0. The summed E-state index contributed by atoms with van der Waals surface area (Å²) < 4.78 is 2.55. The lowest BCUT2D eigenvalue weighted by Gasteiger charge is -2.06. The molecule has 1 aromatic heterocycles. The molecule has 0 saturated heterocycles. The number of hydrogen-bond acceptors (Lipinski definition) is 4. The highest BCUT2D eigenvalue weighted by Crippen LogP contribution is 2.38. The van der Waals surface area contributed by atoms with Crippen molar-refractivity contribution in [3.05, 3.63) is 38.7 Å². The van der Waals surface area contributed by atoms with Gasteiger partial charge < -0.3 is 0 Å². The van der Waals surface area contributed by atoms with Gasteiger partial charge in [-0.05, 0) is 42.8 Å². The molecule has 1 heterocycles. The number of H-pyrrole nitrogens is 1. The van der Waals surface area contributed by atoms with Crippen molar-refractivity contribution < 1.29 is 4.79 Å². The van der Waals surface area contributed by atoms with E-state index < -0.39 is 0 Å². The van der Waals surface area contributed by atoms with Gasteiger partial charge in [-0.1, -0.05) is 15.9 Å². The third-order valence-electron chi connectivity index (χ3n) is 2.89. The van der Waals surface area contributed by atoms with Crippen LogP contribution < -0.4 is 5.69 Å². The molecule has 1 N–H and O–H groups in total. The molecule has 0 spiro atoms. The maximum atomic E-state index is 11.7. The summed E-state index contributed by atoms with van der Waals surface area (Å²) in [6.07, 6.45) is 2.82. The number of rotatable bonds is 4. The maximum absolute atomic E-state index is 11.7. The quantitative estimate of drug-likeness (QED) is 0.869. The molecule has 0 bridgehead atoms. The third-order valence-corrected chi connectivity index (χ3v) is 4.43. The fourth-order valence-electron chi connectivity index (χ4n) is 1.81.